The number of carboxylic acid groups (broad SMARTS) is 1. The lowest BCUT2D eigenvalue weighted by molar-refractivity contribution is -0.118. The van der Waals surface area contributed by atoms with Crippen LogP contribution in [-0.2, 0) is 11.3 Å². The van der Waals surface area contributed by atoms with E-state index in [0.717, 1.165) is 15.6 Å². The normalized spacial score (nSPS) is 10.4. The topological polar surface area (TPSA) is 96.9 Å². The van der Waals surface area contributed by atoms with E-state index in [1.54, 1.807) is 18.2 Å². The van der Waals surface area contributed by atoms with Crippen LogP contribution in [0.4, 0.5) is 11.4 Å². The van der Waals surface area contributed by atoms with Crippen LogP contribution in [0, 0.1) is 6.92 Å². The van der Waals surface area contributed by atoms with E-state index in [2.05, 4.69) is 26.6 Å². The van der Waals surface area contributed by atoms with Gasteiger partial charge in [0, 0.05) is 22.4 Å². The Bertz CT molecular complexity index is 1170. The number of aromatic carboxylic acids is 1. The number of carbonyl (C=O) groups excluding carboxylic acids is 1. The number of carboxylic acids is 1. The van der Waals surface area contributed by atoms with Gasteiger partial charge in [-0.15, -0.1) is 0 Å². The van der Waals surface area contributed by atoms with E-state index in [0.29, 0.717) is 29.4 Å². The van der Waals surface area contributed by atoms with Crippen molar-refractivity contribution in [1.29, 1.82) is 0 Å². The quantitative estimate of drug-likeness (QED) is 0.324. The zero-order valence-electron chi connectivity index (χ0n) is 17.9. The number of anilines is 2. The number of amides is 1. The lowest BCUT2D eigenvalue weighted by Gasteiger charge is -2.15. The van der Waals surface area contributed by atoms with E-state index in [1.807, 2.05) is 31.2 Å². The van der Waals surface area contributed by atoms with Crippen molar-refractivity contribution < 1.29 is 24.2 Å². The summed E-state index contributed by atoms with van der Waals surface area (Å²) in [6.07, 6.45) is 0. The Hall–Kier alpha value is -3.23. The molecule has 0 saturated carbocycles. The van der Waals surface area contributed by atoms with E-state index in [1.165, 1.54) is 19.2 Å². The molecule has 33 heavy (non-hydrogen) atoms. The standard InChI is InChI=1S/C24H22BrClN2O5/c1-14-3-5-16(6-4-14)28-23(29)13-33-22-11-19(25)15(9-21(22)32-2)12-27-17-7-8-20(26)18(10-17)24(30)31/h3-11,27H,12-13H2,1-2H3,(H,28,29)(H,30,31). The molecule has 0 bridgehead atoms. The first-order valence-electron chi connectivity index (χ1n) is 9.89. The van der Waals surface area contributed by atoms with Gasteiger partial charge < -0.3 is 25.2 Å². The van der Waals surface area contributed by atoms with E-state index in [9.17, 15) is 14.7 Å². The molecule has 172 valence electrons. The van der Waals surface area contributed by atoms with Gasteiger partial charge in [-0.3, -0.25) is 4.79 Å². The number of hydrogen-bond donors (Lipinski definition) is 3. The predicted molar refractivity (Wildman–Crippen MR) is 132 cm³/mol. The first-order chi connectivity index (χ1) is 15.8. The molecular formula is C24H22BrClN2O5. The maximum Gasteiger partial charge on any atom is 0.337 e. The number of aryl methyl sites for hydroxylation is 1. The third kappa shape index (κ3) is 6.63. The zero-order valence-corrected chi connectivity index (χ0v) is 20.3. The van der Waals surface area contributed by atoms with Gasteiger partial charge in [0.1, 0.15) is 0 Å². The molecule has 0 unspecified atom stereocenters. The van der Waals surface area contributed by atoms with E-state index in [4.69, 9.17) is 21.1 Å². The van der Waals surface area contributed by atoms with Gasteiger partial charge in [-0.25, -0.2) is 4.79 Å². The molecule has 0 atom stereocenters. The molecule has 1 amide bonds. The second kappa shape index (κ2) is 11.1. The number of nitrogens with one attached hydrogen (secondary N) is 2. The third-order valence-corrected chi connectivity index (χ3v) is 5.77. The van der Waals surface area contributed by atoms with Crippen LogP contribution in [-0.4, -0.2) is 30.7 Å². The van der Waals surface area contributed by atoms with Gasteiger partial charge >= 0.3 is 5.97 Å². The van der Waals surface area contributed by atoms with Gasteiger partial charge in [0.15, 0.2) is 18.1 Å². The van der Waals surface area contributed by atoms with Crippen molar-refractivity contribution in [2.45, 2.75) is 13.5 Å². The maximum absolute atomic E-state index is 12.2. The van der Waals surface area contributed by atoms with Gasteiger partial charge in [0.2, 0.25) is 0 Å². The number of halogens is 2. The Morgan fingerprint density at radius 3 is 2.39 bits per heavy atom. The minimum absolute atomic E-state index is 0.0194. The Morgan fingerprint density at radius 1 is 1.03 bits per heavy atom. The molecule has 3 aromatic rings. The fourth-order valence-corrected chi connectivity index (χ4v) is 3.62. The first-order valence-corrected chi connectivity index (χ1v) is 11.1. The highest BCUT2D eigenvalue weighted by atomic mass is 79.9. The van der Waals surface area contributed by atoms with Crippen LogP contribution in [0.2, 0.25) is 5.02 Å². The van der Waals surface area contributed by atoms with Crippen LogP contribution in [0.1, 0.15) is 21.5 Å². The lowest BCUT2D eigenvalue weighted by Crippen LogP contribution is -2.20. The van der Waals surface area contributed by atoms with Gasteiger partial charge in [-0.1, -0.05) is 45.2 Å². The number of hydrogen-bond acceptors (Lipinski definition) is 5. The van der Waals surface area contributed by atoms with Crippen LogP contribution in [0.15, 0.2) is 59.1 Å². The van der Waals surface area contributed by atoms with Crippen LogP contribution in [0.25, 0.3) is 0 Å². The molecule has 0 fully saturated rings. The molecule has 0 aliphatic carbocycles. The van der Waals surface area contributed by atoms with Gasteiger partial charge in [0.05, 0.1) is 17.7 Å². The Kier molecular flexibility index (Phi) is 8.19. The van der Waals surface area contributed by atoms with Crippen molar-refractivity contribution in [3.63, 3.8) is 0 Å². The SMILES string of the molecule is COc1cc(CNc2ccc(Cl)c(C(=O)O)c2)c(Br)cc1OCC(=O)Nc1ccc(C)cc1. The van der Waals surface area contributed by atoms with Crippen molar-refractivity contribution in [2.75, 3.05) is 24.4 Å². The molecule has 0 aliphatic rings. The highest BCUT2D eigenvalue weighted by Crippen LogP contribution is 2.34. The predicted octanol–water partition coefficient (Wildman–Crippen LogP) is 5.75. The highest BCUT2D eigenvalue weighted by Gasteiger charge is 2.14. The summed E-state index contributed by atoms with van der Waals surface area (Å²) >= 11 is 9.43. The summed E-state index contributed by atoms with van der Waals surface area (Å²) in [5, 5.41) is 15.3. The molecule has 3 N–H and O–H groups in total. The van der Waals surface area contributed by atoms with E-state index >= 15 is 0 Å². The van der Waals surface area contributed by atoms with Crippen LogP contribution in [0.3, 0.4) is 0 Å². The van der Waals surface area contributed by atoms with Crippen molar-refractivity contribution in [1.82, 2.24) is 0 Å². The van der Waals surface area contributed by atoms with E-state index < -0.39 is 5.97 Å². The monoisotopic (exact) mass is 532 g/mol. The van der Waals surface area contributed by atoms with Crippen molar-refractivity contribution in [3.05, 3.63) is 80.8 Å². The van der Waals surface area contributed by atoms with Crippen molar-refractivity contribution in [3.8, 4) is 11.5 Å². The Morgan fingerprint density at radius 2 is 1.73 bits per heavy atom. The van der Waals surface area contributed by atoms with Crippen LogP contribution in [0.5, 0.6) is 11.5 Å². The molecular weight excluding hydrogens is 512 g/mol. The minimum atomic E-state index is -1.10. The molecule has 7 nitrogen and oxygen atoms in total. The summed E-state index contributed by atoms with van der Waals surface area (Å²) in [4.78, 5) is 23.5. The number of ether oxygens (including phenoxy) is 2. The minimum Gasteiger partial charge on any atom is -0.493 e. The number of methoxy groups -OCH3 is 1. The summed E-state index contributed by atoms with van der Waals surface area (Å²) < 4.78 is 11.8. The smallest absolute Gasteiger partial charge is 0.337 e. The molecule has 0 aliphatic heterocycles. The molecule has 0 aromatic heterocycles. The second-order valence-electron chi connectivity index (χ2n) is 7.15. The summed E-state index contributed by atoms with van der Waals surface area (Å²) in [7, 11) is 1.51. The molecule has 9 heteroatoms. The van der Waals surface area contributed by atoms with E-state index in [-0.39, 0.29) is 23.1 Å². The first kappa shape index (κ1) is 24.4. The second-order valence-corrected chi connectivity index (χ2v) is 8.41. The van der Waals surface area contributed by atoms with Gasteiger partial charge in [-0.2, -0.15) is 0 Å². The lowest BCUT2D eigenvalue weighted by atomic mass is 10.1. The average molecular weight is 534 g/mol. The Labute approximate surface area is 204 Å². The summed E-state index contributed by atoms with van der Waals surface area (Å²) in [6.45, 7) is 2.17. The highest BCUT2D eigenvalue weighted by molar-refractivity contribution is 9.10. The molecule has 3 rings (SSSR count). The van der Waals surface area contributed by atoms with Gasteiger partial charge in [0.25, 0.3) is 5.91 Å². The molecule has 0 radical (unpaired) electrons. The fourth-order valence-electron chi connectivity index (χ4n) is 2.96. The van der Waals surface area contributed by atoms with Crippen LogP contribution >= 0.6 is 27.5 Å². The maximum atomic E-state index is 12.2. The average Bonchev–Trinajstić information content (AvgIpc) is 2.79. The number of benzene rings is 3. The van der Waals surface area contributed by atoms with Crippen molar-refractivity contribution in [2.24, 2.45) is 0 Å². The molecule has 0 saturated heterocycles. The zero-order chi connectivity index (χ0) is 24.0. The largest absolute Gasteiger partial charge is 0.493 e. The fraction of sp³-hybridized carbons (Fsp3) is 0.167. The summed E-state index contributed by atoms with van der Waals surface area (Å²) in [5.41, 5.74) is 3.26. The van der Waals surface area contributed by atoms with Crippen molar-refractivity contribution >= 4 is 50.8 Å². The number of carbonyl (C=O) groups is 2. The molecule has 0 spiro atoms. The number of rotatable bonds is 9. The molecule has 3 aromatic carbocycles. The third-order valence-electron chi connectivity index (χ3n) is 4.71. The van der Waals surface area contributed by atoms with Crippen LogP contribution < -0.4 is 20.1 Å². The summed E-state index contributed by atoms with van der Waals surface area (Å²) in [6, 6.07) is 15.7. The summed E-state index contributed by atoms with van der Waals surface area (Å²) in [5.74, 6) is -0.522. The Balaban J connectivity index is 1.65. The molecule has 0 heterocycles. The van der Waals surface area contributed by atoms with Gasteiger partial charge in [-0.05, 0) is 55.0 Å².